The van der Waals surface area contributed by atoms with Gasteiger partial charge in [-0.3, -0.25) is 0 Å². The molecule has 0 aromatic heterocycles. The van der Waals surface area contributed by atoms with E-state index >= 15 is 0 Å². The lowest BCUT2D eigenvalue weighted by Gasteiger charge is -2.33. The average molecular weight is 592 g/mol. The monoisotopic (exact) mass is 591 g/mol. The fourth-order valence-electron chi connectivity index (χ4n) is 7.99. The average Bonchev–Trinajstić information content (AvgIpc) is 3.41. The molecule has 0 fully saturated rings. The number of nitrogens with zero attached hydrogens (tertiary/aromatic N) is 1. The Bertz CT molecular complexity index is 2350. The molecule has 2 aliphatic rings. The van der Waals surface area contributed by atoms with Gasteiger partial charge in [-0.15, -0.1) is 0 Å². The van der Waals surface area contributed by atoms with Crippen molar-refractivity contribution in [1.82, 2.24) is 0 Å². The van der Waals surface area contributed by atoms with Crippen LogP contribution >= 0.6 is 0 Å². The Morgan fingerprint density at radius 1 is 0.587 bits per heavy atom. The van der Waals surface area contributed by atoms with Crippen molar-refractivity contribution in [1.29, 1.82) is 0 Å². The highest BCUT2D eigenvalue weighted by molar-refractivity contribution is 6.27. The minimum absolute atomic E-state index is 0.113. The van der Waals surface area contributed by atoms with Gasteiger partial charge in [0, 0.05) is 17.3 Å². The second kappa shape index (κ2) is 9.93. The van der Waals surface area contributed by atoms with Crippen molar-refractivity contribution in [2.45, 2.75) is 39.7 Å². The smallest absolute Gasteiger partial charge is 0.0632 e. The zero-order valence-corrected chi connectivity index (χ0v) is 26.9. The molecule has 2 atom stereocenters. The third-order valence-electron chi connectivity index (χ3n) is 10.4. The first-order valence-electron chi connectivity index (χ1n) is 16.5. The number of fused-ring (bicyclic) bond motifs is 3. The third-order valence-corrected chi connectivity index (χ3v) is 10.4. The number of rotatable bonds is 3. The first-order chi connectivity index (χ1) is 22.3. The summed E-state index contributed by atoms with van der Waals surface area (Å²) in [5.74, 6) is 0.365. The summed E-state index contributed by atoms with van der Waals surface area (Å²) in [4.78, 5) is 2.55. The molecule has 222 valence electrons. The fraction of sp³-hybridized carbons (Fsp3) is 0.156. The lowest BCUT2D eigenvalue weighted by molar-refractivity contribution is 0.506. The summed E-state index contributed by atoms with van der Waals surface area (Å²) < 4.78 is 0. The molecule has 1 aliphatic heterocycles. The van der Waals surface area contributed by atoms with Gasteiger partial charge in [-0.25, -0.2) is 0 Å². The molecule has 2 unspecified atom stereocenters. The number of hydrogen-bond donors (Lipinski definition) is 0. The molecule has 0 saturated heterocycles. The van der Waals surface area contributed by atoms with Crippen LogP contribution < -0.4 is 4.90 Å². The standard InChI is InChI=1S/C45H37N/c1-28-9-11-29(12-10-28)35-22-15-31-18-25-40-36(23-16-32-17-24-39(35)43(31)44(32)40)30-13-20-34(21-14-30)46-41-8-6-5-7-37(41)38-26-19-33(27-42(38)46)45(2,3)4/h5-27,38,42H,1-4H3. The van der Waals surface area contributed by atoms with Gasteiger partial charge < -0.3 is 4.90 Å². The maximum absolute atomic E-state index is 2.55. The topological polar surface area (TPSA) is 3.24 Å². The summed E-state index contributed by atoms with van der Waals surface area (Å²) in [7, 11) is 0. The highest BCUT2D eigenvalue weighted by Crippen LogP contribution is 2.50. The number of aryl methyl sites for hydroxylation is 1. The number of para-hydroxylation sites is 1. The molecule has 46 heavy (non-hydrogen) atoms. The lowest BCUT2D eigenvalue weighted by Crippen LogP contribution is -2.30. The predicted molar refractivity (Wildman–Crippen MR) is 198 cm³/mol. The van der Waals surface area contributed by atoms with Crippen molar-refractivity contribution in [3.8, 4) is 22.3 Å². The van der Waals surface area contributed by atoms with Gasteiger partial charge in [0.15, 0.2) is 0 Å². The van der Waals surface area contributed by atoms with Crippen LogP contribution in [0.5, 0.6) is 0 Å². The molecule has 0 radical (unpaired) electrons. The minimum Gasteiger partial charge on any atom is -0.333 e. The van der Waals surface area contributed by atoms with Crippen LogP contribution in [-0.2, 0) is 0 Å². The van der Waals surface area contributed by atoms with E-state index in [-0.39, 0.29) is 11.5 Å². The Balaban J connectivity index is 1.16. The second-order valence-electron chi connectivity index (χ2n) is 14.2. The number of hydrogen-bond acceptors (Lipinski definition) is 1. The van der Waals surface area contributed by atoms with Crippen LogP contribution in [0.25, 0.3) is 54.6 Å². The molecule has 0 saturated carbocycles. The van der Waals surface area contributed by atoms with Crippen molar-refractivity contribution in [2.24, 2.45) is 5.41 Å². The molecule has 1 aliphatic carbocycles. The molecule has 0 amide bonds. The summed E-state index contributed by atoms with van der Waals surface area (Å²) in [6, 6.07) is 45.9. The summed E-state index contributed by atoms with van der Waals surface area (Å²) in [5, 5.41) is 7.93. The van der Waals surface area contributed by atoms with Crippen LogP contribution in [0.15, 0.2) is 145 Å². The fourth-order valence-corrected chi connectivity index (χ4v) is 7.99. The Morgan fingerprint density at radius 2 is 1.15 bits per heavy atom. The van der Waals surface area contributed by atoms with Crippen molar-refractivity contribution in [3.63, 3.8) is 0 Å². The quantitative estimate of drug-likeness (QED) is 0.185. The maximum atomic E-state index is 2.55. The van der Waals surface area contributed by atoms with E-state index in [9.17, 15) is 0 Å². The first-order valence-corrected chi connectivity index (χ1v) is 16.5. The van der Waals surface area contributed by atoms with Crippen molar-refractivity contribution in [3.05, 3.63) is 156 Å². The van der Waals surface area contributed by atoms with Crippen LogP contribution in [-0.4, -0.2) is 6.04 Å². The predicted octanol–water partition coefficient (Wildman–Crippen LogP) is 12.4. The zero-order chi connectivity index (χ0) is 31.2. The van der Waals surface area contributed by atoms with Gasteiger partial charge in [0.25, 0.3) is 0 Å². The normalized spacial score (nSPS) is 17.6. The number of allylic oxidation sites excluding steroid dienone is 2. The summed E-state index contributed by atoms with van der Waals surface area (Å²) in [6.07, 6.45) is 7.28. The highest BCUT2D eigenvalue weighted by atomic mass is 15.2. The molecule has 0 spiro atoms. The van der Waals surface area contributed by atoms with Crippen LogP contribution in [0, 0.1) is 12.3 Å². The van der Waals surface area contributed by atoms with E-state index in [1.807, 2.05) is 0 Å². The minimum atomic E-state index is 0.113. The SMILES string of the molecule is Cc1ccc(-c2ccc3ccc4c(-c5ccc(N6c7ccccc7C7C=CC(C(C)(C)C)=CC76)cc5)ccc5ccc2c3c54)cc1. The van der Waals surface area contributed by atoms with E-state index in [4.69, 9.17) is 0 Å². The third kappa shape index (κ3) is 4.08. The summed E-state index contributed by atoms with van der Waals surface area (Å²) in [6.45, 7) is 9.08. The van der Waals surface area contributed by atoms with Gasteiger partial charge in [-0.2, -0.15) is 0 Å². The Hall–Kier alpha value is -5.14. The number of benzene rings is 7. The van der Waals surface area contributed by atoms with Crippen LogP contribution in [0.3, 0.4) is 0 Å². The Morgan fingerprint density at radius 3 is 1.76 bits per heavy atom. The largest absolute Gasteiger partial charge is 0.333 e. The van der Waals surface area contributed by atoms with E-state index < -0.39 is 0 Å². The van der Waals surface area contributed by atoms with Crippen molar-refractivity contribution >= 4 is 43.7 Å². The van der Waals surface area contributed by atoms with Gasteiger partial charge in [-0.05, 0) is 96.2 Å². The molecule has 1 heterocycles. The molecule has 0 N–H and O–H groups in total. The molecular formula is C45H37N. The van der Waals surface area contributed by atoms with Gasteiger partial charge in [0.1, 0.15) is 0 Å². The van der Waals surface area contributed by atoms with Crippen molar-refractivity contribution in [2.75, 3.05) is 4.90 Å². The highest BCUT2D eigenvalue weighted by Gasteiger charge is 2.39. The molecule has 9 rings (SSSR count). The van der Waals surface area contributed by atoms with Gasteiger partial charge in [0.2, 0.25) is 0 Å². The van der Waals surface area contributed by atoms with E-state index in [1.165, 1.54) is 82.6 Å². The van der Waals surface area contributed by atoms with Crippen LogP contribution in [0.2, 0.25) is 0 Å². The number of anilines is 2. The van der Waals surface area contributed by atoms with Gasteiger partial charge in [0.05, 0.1) is 6.04 Å². The Labute approximate surface area is 271 Å². The molecule has 7 aromatic rings. The second-order valence-corrected chi connectivity index (χ2v) is 14.2. The Kier molecular flexibility index (Phi) is 5.87. The van der Waals surface area contributed by atoms with Crippen molar-refractivity contribution < 1.29 is 0 Å². The molecule has 1 nitrogen and oxygen atoms in total. The molecule has 1 heteroatoms. The summed E-state index contributed by atoms with van der Waals surface area (Å²) >= 11 is 0. The van der Waals surface area contributed by atoms with Gasteiger partial charge in [-0.1, -0.05) is 148 Å². The zero-order valence-electron chi connectivity index (χ0n) is 26.9. The van der Waals surface area contributed by atoms with E-state index in [0.717, 1.165) is 0 Å². The van der Waals surface area contributed by atoms with Crippen LogP contribution in [0.1, 0.15) is 37.8 Å². The molecular weight excluding hydrogens is 555 g/mol. The van der Waals surface area contributed by atoms with Crippen LogP contribution in [0.4, 0.5) is 11.4 Å². The molecule has 7 aromatic carbocycles. The summed E-state index contributed by atoms with van der Waals surface area (Å²) in [5.41, 5.74) is 11.9. The van der Waals surface area contributed by atoms with E-state index in [0.29, 0.717) is 5.92 Å². The first kappa shape index (κ1) is 27.2. The van der Waals surface area contributed by atoms with E-state index in [2.05, 4.69) is 172 Å². The van der Waals surface area contributed by atoms with Gasteiger partial charge >= 0.3 is 0 Å². The lowest BCUT2D eigenvalue weighted by atomic mass is 9.79. The molecule has 0 bridgehead atoms. The van der Waals surface area contributed by atoms with E-state index in [1.54, 1.807) is 0 Å². The maximum Gasteiger partial charge on any atom is 0.0632 e.